The predicted molar refractivity (Wildman–Crippen MR) is 92.2 cm³/mol. The normalized spacial score (nSPS) is 28.0. The van der Waals surface area contributed by atoms with Crippen LogP contribution in [0.2, 0.25) is 0 Å². The lowest BCUT2D eigenvalue weighted by molar-refractivity contribution is 0.116. The van der Waals surface area contributed by atoms with E-state index in [0.29, 0.717) is 6.04 Å². The average Bonchev–Trinajstić information content (AvgIpc) is 3.09. The Morgan fingerprint density at radius 2 is 1.82 bits per heavy atom. The first-order valence-corrected chi connectivity index (χ1v) is 9.38. The minimum absolute atomic E-state index is 0.607. The summed E-state index contributed by atoms with van der Waals surface area (Å²) in [5.74, 6) is 0.833. The molecule has 2 fully saturated rings. The molecule has 1 atom stereocenters. The molecule has 3 aliphatic rings. The zero-order valence-electron chi connectivity index (χ0n) is 14.0. The van der Waals surface area contributed by atoms with Crippen LogP contribution < -0.4 is 5.32 Å². The van der Waals surface area contributed by atoms with Gasteiger partial charge in [-0.05, 0) is 75.7 Å². The fourth-order valence-corrected chi connectivity index (χ4v) is 5.03. The molecule has 0 amide bonds. The van der Waals surface area contributed by atoms with Crippen molar-refractivity contribution >= 4 is 0 Å². The number of hydrogen-bond donors (Lipinski definition) is 1. The fourth-order valence-electron chi connectivity index (χ4n) is 5.03. The van der Waals surface area contributed by atoms with Crippen molar-refractivity contribution in [2.75, 3.05) is 19.6 Å². The van der Waals surface area contributed by atoms with Gasteiger partial charge in [0.05, 0.1) is 0 Å². The molecule has 1 saturated heterocycles. The van der Waals surface area contributed by atoms with Gasteiger partial charge >= 0.3 is 0 Å². The second-order valence-electron chi connectivity index (χ2n) is 7.70. The van der Waals surface area contributed by atoms with Gasteiger partial charge in [-0.3, -0.25) is 0 Å². The van der Waals surface area contributed by atoms with E-state index in [0.717, 1.165) is 18.5 Å². The highest BCUT2D eigenvalue weighted by Gasteiger charge is 2.33. The zero-order valence-corrected chi connectivity index (χ0v) is 14.0. The van der Waals surface area contributed by atoms with Gasteiger partial charge in [-0.1, -0.05) is 36.6 Å². The summed E-state index contributed by atoms with van der Waals surface area (Å²) in [6.07, 6.45) is 9.78. The van der Waals surface area contributed by atoms with E-state index in [4.69, 9.17) is 0 Å². The lowest BCUT2D eigenvalue weighted by atomic mass is 9.80. The van der Waals surface area contributed by atoms with E-state index in [1.54, 1.807) is 11.1 Å². The Bertz CT molecular complexity index is 510. The van der Waals surface area contributed by atoms with E-state index >= 15 is 0 Å². The number of fused-ring (bicyclic) bond motifs is 1. The van der Waals surface area contributed by atoms with Crippen molar-refractivity contribution < 1.29 is 0 Å². The number of rotatable bonds is 2. The monoisotopic (exact) mass is 298 g/mol. The van der Waals surface area contributed by atoms with Gasteiger partial charge in [-0.2, -0.15) is 0 Å². The molecule has 120 valence electrons. The number of hydrogen-bond acceptors (Lipinski definition) is 2. The van der Waals surface area contributed by atoms with Crippen LogP contribution in [0.1, 0.15) is 61.3 Å². The number of likely N-dealkylation sites (tertiary alicyclic amines) is 1. The highest BCUT2D eigenvalue weighted by molar-refractivity contribution is 5.36. The van der Waals surface area contributed by atoms with Crippen LogP contribution in [0.5, 0.6) is 0 Å². The Hall–Kier alpha value is -0.860. The number of aryl methyl sites for hydroxylation is 1. The first-order valence-electron chi connectivity index (χ1n) is 9.38. The molecule has 4 rings (SSSR count). The zero-order chi connectivity index (χ0) is 14.9. The fraction of sp³-hybridized carbons (Fsp3) is 0.700. The summed E-state index contributed by atoms with van der Waals surface area (Å²) in [7, 11) is 0. The van der Waals surface area contributed by atoms with Gasteiger partial charge in [0.15, 0.2) is 0 Å². The molecular formula is C20H30N2. The summed E-state index contributed by atoms with van der Waals surface area (Å²) in [6, 6.07) is 8.62. The highest BCUT2D eigenvalue weighted by Crippen LogP contribution is 2.36. The van der Waals surface area contributed by atoms with E-state index in [2.05, 4.69) is 35.3 Å². The van der Waals surface area contributed by atoms with Gasteiger partial charge < -0.3 is 10.2 Å². The molecule has 0 radical (unpaired) electrons. The molecule has 2 heterocycles. The SMILES string of the molecule is Cc1ccc2c(c1)CCNC2C1CCN(C2CCCC2)CC1. The minimum Gasteiger partial charge on any atom is -0.309 e. The van der Waals surface area contributed by atoms with Crippen molar-refractivity contribution in [2.45, 2.75) is 64.0 Å². The molecule has 2 aliphatic heterocycles. The van der Waals surface area contributed by atoms with Crippen LogP contribution in [0.15, 0.2) is 18.2 Å². The van der Waals surface area contributed by atoms with E-state index in [-0.39, 0.29) is 0 Å². The maximum atomic E-state index is 3.83. The van der Waals surface area contributed by atoms with E-state index in [1.807, 2.05) is 0 Å². The van der Waals surface area contributed by atoms with Crippen molar-refractivity contribution in [3.63, 3.8) is 0 Å². The summed E-state index contributed by atoms with van der Waals surface area (Å²) in [4.78, 5) is 2.79. The molecule has 1 N–H and O–H groups in total. The van der Waals surface area contributed by atoms with Gasteiger partial charge in [0.25, 0.3) is 0 Å². The van der Waals surface area contributed by atoms with Crippen LogP contribution in [-0.4, -0.2) is 30.6 Å². The maximum Gasteiger partial charge on any atom is 0.0352 e. The Kier molecular flexibility index (Phi) is 4.23. The summed E-state index contributed by atoms with van der Waals surface area (Å²) < 4.78 is 0. The van der Waals surface area contributed by atoms with Gasteiger partial charge in [0.1, 0.15) is 0 Å². The molecule has 1 saturated carbocycles. The molecular weight excluding hydrogens is 268 g/mol. The van der Waals surface area contributed by atoms with Crippen molar-refractivity contribution in [1.82, 2.24) is 10.2 Å². The van der Waals surface area contributed by atoms with Gasteiger partial charge in [0, 0.05) is 12.1 Å². The maximum absolute atomic E-state index is 3.83. The topological polar surface area (TPSA) is 15.3 Å². The number of nitrogens with zero attached hydrogens (tertiary/aromatic N) is 1. The molecule has 22 heavy (non-hydrogen) atoms. The summed E-state index contributed by atoms with van der Waals surface area (Å²) in [5, 5.41) is 3.83. The van der Waals surface area contributed by atoms with E-state index in [1.165, 1.54) is 63.6 Å². The molecule has 1 aromatic carbocycles. The molecule has 1 aromatic rings. The molecule has 1 aliphatic carbocycles. The average molecular weight is 298 g/mol. The third kappa shape index (κ3) is 2.83. The summed E-state index contributed by atoms with van der Waals surface area (Å²) in [6.45, 7) is 6.03. The second-order valence-corrected chi connectivity index (χ2v) is 7.70. The van der Waals surface area contributed by atoms with Gasteiger partial charge in [0.2, 0.25) is 0 Å². The van der Waals surface area contributed by atoms with Crippen LogP contribution in [0.3, 0.4) is 0 Å². The molecule has 2 nitrogen and oxygen atoms in total. The largest absolute Gasteiger partial charge is 0.309 e. The quantitative estimate of drug-likeness (QED) is 0.892. The Morgan fingerprint density at radius 1 is 1.05 bits per heavy atom. The van der Waals surface area contributed by atoms with Crippen LogP contribution >= 0.6 is 0 Å². The summed E-state index contributed by atoms with van der Waals surface area (Å²) >= 11 is 0. The molecule has 0 spiro atoms. The third-order valence-corrected chi connectivity index (χ3v) is 6.28. The standard InChI is InChI=1S/C20H30N2/c1-15-6-7-19-17(14-15)8-11-21-20(19)16-9-12-22(13-10-16)18-4-2-3-5-18/h6-7,14,16,18,20-21H,2-5,8-13H2,1H3. The number of nitrogens with one attached hydrogen (secondary N) is 1. The van der Waals surface area contributed by atoms with Gasteiger partial charge in [-0.15, -0.1) is 0 Å². The lowest BCUT2D eigenvalue weighted by Crippen LogP contribution is -2.44. The predicted octanol–water partition coefficient (Wildman–Crippen LogP) is 3.84. The van der Waals surface area contributed by atoms with Crippen LogP contribution in [0.4, 0.5) is 0 Å². The van der Waals surface area contributed by atoms with E-state index < -0.39 is 0 Å². The third-order valence-electron chi connectivity index (χ3n) is 6.28. The van der Waals surface area contributed by atoms with Crippen molar-refractivity contribution in [3.8, 4) is 0 Å². The lowest BCUT2D eigenvalue weighted by Gasteiger charge is -2.41. The van der Waals surface area contributed by atoms with Crippen LogP contribution in [0.25, 0.3) is 0 Å². The first kappa shape index (κ1) is 14.7. The summed E-state index contributed by atoms with van der Waals surface area (Å²) in [5.41, 5.74) is 4.61. The van der Waals surface area contributed by atoms with Gasteiger partial charge in [-0.25, -0.2) is 0 Å². The second kappa shape index (κ2) is 6.33. The Balaban J connectivity index is 1.44. The van der Waals surface area contributed by atoms with Crippen molar-refractivity contribution in [1.29, 1.82) is 0 Å². The first-order chi connectivity index (χ1) is 10.8. The molecule has 0 aromatic heterocycles. The molecule has 0 bridgehead atoms. The Morgan fingerprint density at radius 3 is 2.59 bits per heavy atom. The highest BCUT2D eigenvalue weighted by atomic mass is 15.2. The van der Waals surface area contributed by atoms with Crippen LogP contribution in [-0.2, 0) is 6.42 Å². The molecule has 2 heteroatoms. The van der Waals surface area contributed by atoms with Crippen molar-refractivity contribution in [2.24, 2.45) is 5.92 Å². The van der Waals surface area contributed by atoms with Crippen molar-refractivity contribution in [3.05, 3.63) is 34.9 Å². The Labute approximate surface area is 135 Å². The smallest absolute Gasteiger partial charge is 0.0352 e. The minimum atomic E-state index is 0.607. The number of benzene rings is 1. The van der Waals surface area contributed by atoms with E-state index in [9.17, 15) is 0 Å². The van der Waals surface area contributed by atoms with Crippen LogP contribution in [0, 0.1) is 12.8 Å². The number of piperidine rings is 1. The molecule has 1 unspecified atom stereocenters.